The van der Waals surface area contributed by atoms with Crippen LogP contribution >= 0.6 is 0 Å². The highest BCUT2D eigenvalue weighted by Gasteiger charge is 2.28. The molecule has 7 nitrogen and oxygen atoms in total. The molecule has 1 unspecified atom stereocenters. The van der Waals surface area contributed by atoms with Crippen LogP contribution in [0, 0.1) is 0 Å². The molecular formula is C12H18N4O3S. The molecule has 3 rings (SSSR count). The molecule has 20 heavy (non-hydrogen) atoms. The van der Waals surface area contributed by atoms with E-state index in [1.54, 1.807) is 0 Å². The number of rotatable bonds is 3. The Balaban J connectivity index is 1.68. The number of nitrogens with zero attached hydrogens (tertiary/aromatic N) is 3. The summed E-state index contributed by atoms with van der Waals surface area (Å²) in [6.45, 7) is 3.03. The monoisotopic (exact) mass is 298 g/mol. The quantitative estimate of drug-likeness (QED) is 0.835. The number of anilines is 2. The maximum atomic E-state index is 11.5. The van der Waals surface area contributed by atoms with E-state index in [0.717, 1.165) is 18.9 Å². The van der Waals surface area contributed by atoms with Crippen LogP contribution in [0.5, 0.6) is 0 Å². The van der Waals surface area contributed by atoms with Crippen LogP contribution in [-0.2, 0) is 14.6 Å². The molecule has 2 saturated heterocycles. The van der Waals surface area contributed by atoms with Gasteiger partial charge >= 0.3 is 0 Å². The van der Waals surface area contributed by atoms with E-state index in [1.807, 2.05) is 6.07 Å². The van der Waals surface area contributed by atoms with Gasteiger partial charge in [0.05, 0.1) is 24.7 Å². The van der Waals surface area contributed by atoms with E-state index < -0.39 is 9.84 Å². The van der Waals surface area contributed by atoms with E-state index >= 15 is 0 Å². The molecule has 0 spiro atoms. The molecule has 3 heterocycles. The Morgan fingerprint density at radius 2 is 2.10 bits per heavy atom. The second kappa shape index (κ2) is 5.53. The molecule has 1 N–H and O–H groups in total. The Morgan fingerprint density at radius 3 is 2.80 bits per heavy atom. The average Bonchev–Trinajstić information content (AvgIpc) is 2.79. The standard InChI is InChI=1S/C12H18N4O3S/c17-20(18)6-1-10(8-20)15-11-7-12(14-9-13-11)16-2-4-19-5-3-16/h7,9-10H,1-6,8H2,(H,13,14,15). The largest absolute Gasteiger partial charge is 0.378 e. The summed E-state index contributed by atoms with van der Waals surface area (Å²) in [5.41, 5.74) is 0. The van der Waals surface area contributed by atoms with Gasteiger partial charge in [0.1, 0.15) is 18.0 Å². The highest BCUT2D eigenvalue weighted by Crippen LogP contribution is 2.19. The van der Waals surface area contributed by atoms with Crippen LogP contribution in [-0.4, -0.2) is 62.2 Å². The Morgan fingerprint density at radius 1 is 1.30 bits per heavy atom. The van der Waals surface area contributed by atoms with E-state index in [-0.39, 0.29) is 17.5 Å². The fraction of sp³-hybridized carbons (Fsp3) is 0.667. The van der Waals surface area contributed by atoms with Crippen LogP contribution in [0.25, 0.3) is 0 Å². The van der Waals surface area contributed by atoms with Crippen molar-refractivity contribution >= 4 is 21.5 Å². The van der Waals surface area contributed by atoms with Crippen molar-refractivity contribution in [3.63, 3.8) is 0 Å². The second-order valence-electron chi connectivity index (χ2n) is 5.11. The van der Waals surface area contributed by atoms with Gasteiger partial charge in [-0.3, -0.25) is 0 Å². The number of hydrogen-bond donors (Lipinski definition) is 1. The van der Waals surface area contributed by atoms with Crippen LogP contribution in [0.3, 0.4) is 0 Å². The molecule has 1 atom stereocenters. The maximum absolute atomic E-state index is 11.5. The Labute approximate surface area is 118 Å². The van der Waals surface area contributed by atoms with Crippen molar-refractivity contribution in [2.75, 3.05) is 48.0 Å². The summed E-state index contributed by atoms with van der Waals surface area (Å²) in [7, 11) is -2.88. The second-order valence-corrected chi connectivity index (χ2v) is 7.33. The first kappa shape index (κ1) is 13.6. The fourth-order valence-corrected chi connectivity index (χ4v) is 4.18. The predicted molar refractivity (Wildman–Crippen MR) is 75.7 cm³/mol. The summed E-state index contributed by atoms with van der Waals surface area (Å²) < 4.78 is 28.2. The first-order valence-electron chi connectivity index (χ1n) is 6.74. The van der Waals surface area contributed by atoms with Gasteiger partial charge in [-0.15, -0.1) is 0 Å². The van der Waals surface area contributed by atoms with Crippen molar-refractivity contribution in [1.29, 1.82) is 0 Å². The maximum Gasteiger partial charge on any atom is 0.152 e. The first-order valence-corrected chi connectivity index (χ1v) is 8.56. The molecule has 2 fully saturated rings. The van der Waals surface area contributed by atoms with Crippen LogP contribution in [0.1, 0.15) is 6.42 Å². The minimum absolute atomic E-state index is 0.0487. The van der Waals surface area contributed by atoms with E-state index in [2.05, 4.69) is 20.2 Å². The van der Waals surface area contributed by atoms with Gasteiger partial charge in [-0.05, 0) is 6.42 Å². The van der Waals surface area contributed by atoms with Gasteiger partial charge in [0.15, 0.2) is 9.84 Å². The Hall–Kier alpha value is -1.41. The third-order valence-electron chi connectivity index (χ3n) is 3.57. The molecule has 8 heteroatoms. The number of morpholine rings is 1. The van der Waals surface area contributed by atoms with Crippen molar-refractivity contribution in [1.82, 2.24) is 9.97 Å². The molecule has 2 aliphatic rings. The molecule has 0 bridgehead atoms. The smallest absolute Gasteiger partial charge is 0.152 e. The van der Waals surface area contributed by atoms with Gasteiger partial charge in [0.2, 0.25) is 0 Å². The molecule has 2 aliphatic heterocycles. The van der Waals surface area contributed by atoms with Gasteiger partial charge in [0.25, 0.3) is 0 Å². The van der Waals surface area contributed by atoms with Crippen LogP contribution < -0.4 is 10.2 Å². The summed E-state index contributed by atoms with van der Waals surface area (Å²) in [5, 5.41) is 3.19. The summed E-state index contributed by atoms with van der Waals surface area (Å²) in [6.07, 6.45) is 2.15. The molecule has 0 aromatic carbocycles. The molecule has 0 radical (unpaired) electrons. The Kier molecular flexibility index (Phi) is 3.75. The lowest BCUT2D eigenvalue weighted by Gasteiger charge is -2.28. The summed E-state index contributed by atoms with van der Waals surface area (Å²) >= 11 is 0. The summed E-state index contributed by atoms with van der Waals surface area (Å²) in [5.74, 6) is 1.98. The van der Waals surface area contributed by atoms with E-state index in [1.165, 1.54) is 6.33 Å². The van der Waals surface area contributed by atoms with E-state index in [4.69, 9.17) is 4.74 Å². The number of sulfone groups is 1. The van der Waals surface area contributed by atoms with Crippen LogP contribution in [0.15, 0.2) is 12.4 Å². The van der Waals surface area contributed by atoms with E-state index in [9.17, 15) is 8.42 Å². The fourth-order valence-electron chi connectivity index (χ4n) is 2.51. The SMILES string of the molecule is O=S1(=O)CCC(Nc2cc(N3CCOCC3)ncn2)C1. The highest BCUT2D eigenvalue weighted by atomic mass is 32.2. The summed E-state index contributed by atoms with van der Waals surface area (Å²) in [6, 6.07) is 1.82. The van der Waals surface area contributed by atoms with Crippen molar-refractivity contribution in [3.8, 4) is 0 Å². The van der Waals surface area contributed by atoms with Crippen molar-refractivity contribution in [3.05, 3.63) is 12.4 Å². The molecular weight excluding hydrogens is 280 g/mol. The zero-order chi connectivity index (χ0) is 14.0. The van der Waals surface area contributed by atoms with Crippen molar-refractivity contribution in [2.24, 2.45) is 0 Å². The molecule has 0 amide bonds. The van der Waals surface area contributed by atoms with Gasteiger partial charge in [-0.2, -0.15) is 0 Å². The van der Waals surface area contributed by atoms with Gasteiger partial charge in [-0.1, -0.05) is 0 Å². The topological polar surface area (TPSA) is 84.4 Å². The van der Waals surface area contributed by atoms with Crippen LogP contribution in [0.2, 0.25) is 0 Å². The number of aromatic nitrogens is 2. The summed E-state index contributed by atoms with van der Waals surface area (Å²) in [4.78, 5) is 10.6. The van der Waals surface area contributed by atoms with E-state index in [0.29, 0.717) is 25.5 Å². The average molecular weight is 298 g/mol. The number of nitrogens with one attached hydrogen (secondary N) is 1. The van der Waals surface area contributed by atoms with Crippen molar-refractivity contribution < 1.29 is 13.2 Å². The molecule has 0 saturated carbocycles. The minimum atomic E-state index is -2.88. The van der Waals surface area contributed by atoms with Gasteiger partial charge < -0.3 is 15.0 Å². The highest BCUT2D eigenvalue weighted by molar-refractivity contribution is 7.91. The normalized spacial score (nSPS) is 25.6. The zero-order valence-corrected chi connectivity index (χ0v) is 12.0. The lowest BCUT2D eigenvalue weighted by atomic mass is 10.2. The predicted octanol–water partition coefficient (Wildman–Crippen LogP) is -0.0878. The lowest BCUT2D eigenvalue weighted by Crippen LogP contribution is -2.36. The lowest BCUT2D eigenvalue weighted by molar-refractivity contribution is 0.122. The molecule has 1 aromatic heterocycles. The number of hydrogen-bond acceptors (Lipinski definition) is 7. The first-order chi connectivity index (χ1) is 9.62. The van der Waals surface area contributed by atoms with Gasteiger partial charge in [-0.25, -0.2) is 18.4 Å². The molecule has 0 aliphatic carbocycles. The Bertz CT molecular complexity index is 572. The minimum Gasteiger partial charge on any atom is -0.378 e. The number of ether oxygens (including phenoxy) is 1. The van der Waals surface area contributed by atoms with Gasteiger partial charge in [0, 0.05) is 25.2 Å². The van der Waals surface area contributed by atoms with Crippen molar-refractivity contribution in [2.45, 2.75) is 12.5 Å². The molecule has 110 valence electrons. The van der Waals surface area contributed by atoms with Crippen LogP contribution in [0.4, 0.5) is 11.6 Å². The zero-order valence-electron chi connectivity index (χ0n) is 11.2. The third-order valence-corrected chi connectivity index (χ3v) is 5.34. The molecule has 1 aromatic rings. The third kappa shape index (κ3) is 3.18.